The molecular weight excluding hydrogens is 133 g/mol. The molecule has 0 aliphatic heterocycles. The molecule has 0 rings (SSSR count). The van der Waals surface area contributed by atoms with Crippen LogP contribution in [0.1, 0.15) is 0 Å². The second-order valence-electron chi connectivity index (χ2n) is 1.42. The van der Waals surface area contributed by atoms with Gasteiger partial charge in [0.1, 0.15) is 6.04 Å². The van der Waals surface area contributed by atoms with E-state index in [1.54, 1.807) is 5.43 Å². The molecule has 0 aromatic rings. The van der Waals surface area contributed by atoms with Crippen LogP contribution in [0.2, 0.25) is 0 Å². The van der Waals surface area contributed by atoms with Crippen LogP contribution in [0.5, 0.6) is 0 Å². The van der Waals surface area contributed by atoms with Crippen LogP contribution in [0.25, 0.3) is 0 Å². The van der Waals surface area contributed by atoms with E-state index in [0.29, 0.717) is 6.08 Å². The Hall–Kier alpha value is -0.550. The predicted octanol–water partition coefficient (Wildman–Crippen LogP) is 0.567. The molecule has 3 N–H and O–H groups in total. The molecule has 1 atom stereocenters. The van der Waals surface area contributed by atoms with Crippen LogP contribution in [0.15, 0.2) is 12.7 Å². The van der Waals surface area contributed by atoms with Crippen molar-refractivity contribution in [2.24, 2.45) is 5.84 Å². The highest BCUT2D eigenvalue weighted by Gasteiger charge is 2.36. The molecule has 0 saturated carbocycles. The summed E-state index contributed by atoms with van der Waals surface area (Å²) in [4.78, 5) is 0. The Bertz CT molecular complexity index is 98.5. The molecule has 0 spiro atoms. The highest BCUT2D eigenvalue weighted by Crippen LogP contribution is 2.19. The third kappa shape index (κ3) is 2.48. The molecule has 0 amide bonds. The van der Waals surface area contributed by atoms with Crippen molar-refractivity contribution in [3.8, 4) is 0 Å². The lowest BCUT2D eigenvalue weighted by Crippen LogP contribution is -2.44. The van der Waals surface area contributed by atoms with Crippen LogP contribution in [-0.2, 0) is 0 Å². The summed E-state index contributed by atoms with van der Waals surface area (Å²) in [6.07, 6.45) is -3.64. The van der Waals surface area contributed by atoms with Gasteiger partial charge in [-0.25, -0.2) is 5.43 Å². The lowest BCUT2D eigenvalue weighted by atomic mass is 10.3. The minimum atomic E-state index is -4.34. The lowest BCUT2D eigenvalue weighted by molar-refractivity contribution is -0.144. The van der Waals surface area contributed by atoms with E-state index in [-0.39, 0.29) is 0 Å². The highest BCUT2D eigenvalue weighted by atomic mass is 19.4. The molecule has 0 aliphatic carbocycles. The number of hydrogen-bond donors (Lipinski definition) is 2. The molecule has 0 heterocycles. The van der Waals surface area contributed by atoms with Gasteiger partial charge in [0.2, 0.25) is 0 Å². The zero-order valence-corrected chi connectivity index (χ0v) is 4.57. The zero-order chi connectivity index (χ0) is 7.49. The molecule has 0 aromatic heterocycles. The van der Waals surface area contributed by atoms with Crippen LogP contribution in [0, 0.1) is 0 Å². The van der Waals surface area contributed by atoms with Crippen molar-refractivity contribution < 1.29 is 13.2 Å². The summed E-state index contributed by atoms with van der Waals surface area (Å²) in [6, 6.07) is -1.81. The average Bonchev–Trinajstić information content (AvgIpc) is 1.65. The van der Waals surface area contributed by atoms with Crippen molar-refractivity contribution >= 4 is 0 Å². The maximum absolute atomic E-state index is 11.5. The van der Waals surface area contributed by atoms with Crippen molar-refractivity contribution in [2.75, 3.05) is 0 Å². The fraction of sp³-hybridized carbons (Fsp3) is 0.500. The van der Waals surface area contributed by atoms with E-state index in [4.69, 9.17) is 0 Å². The van der Waals surface area contributed by atoms with E-state index in [1.807, 2.05) is 0 Å². The van der Waals surface area contributed by atoms with Crippen LogP contribution < -0.4 is 11.3 Å². The average molecular weight is 140 g/mol. The molecule has 0 aromatic carbocycles. The standard InChI is InChI=1S/C4H7F3N2/c1-2-3(9-8)4(5,6)7/h2-3,9H,1,8H2. The Labute approximate surface area is 50.5 Å². The Morgan fingerprint density at radius 2 is 2.00 bits per heavy atom. The van der Waals surface area contributed by atoms with Crippen LogP contribution >= 0.6 is 0 Å². The third-order valence-corrected chi connectivity index (χ3v) is 0.768. The molecule has 0 aliphatic rings. The Morgan fingerprint density at radius 3 is 2.00 bits per heavy atom. The van der Waals surface area contributed by atoms with E-state index < -0.39 is 12.2 Å². The summed E-state index contributed by atoms with van der Waals surface area (Å²) in [5.41, 5.74) is 1.55. The van der Waals surface area contributed by atoms with E-state index in [1.165, 1.54) is 0 Å². The predicted molar refractivity (Wildman–Crippen MR) is 27.4 cm³/mol. The van der Waals surface area contributed by atoms with Crippen molar-refractivity contribution in [1.82, 2.24) is 5.43 Å². The molecule has 1 unspecified atom stereocenters. The number of hydrogen-bond acceptors (Lipinski definition) is 2. The molecule has 0 radical (unpaired) electrons. The van der Waals surface area contributed by atoms with E-state index in [2.05, 4.69) is 12.4 Å². The topological polar surface area (TPSA) is 38.0 Å². The second kappa shape index (κ2) is 2.84. The Kier molecular flexibility index (Phi) is 2.66. The van der Waals surface area contributed by atoms with Gasteiger partial charge in [-0.15, -0.1) is 6.58 Å². The minimum Gasteiger partial charge on any atom is -0.271 e. The quantitative estimate of drug-likeness (QED) is 0.334. The van der Waals surface area contributed by atoms with E-state index in [9.17, 15) is 13.2 Å². The third-order valence-electron chi connectivity index (χ3n) is 0.768. The van der Waals surface area contributed by atoms with Gasteiger partial charge in [-0.3, -0.25) is 5.84 Å². The first-order valence-corrected chi connectivity index (χ1v) is 2.17. The van der Waals surface area contributed by atoms with Gasteiger partial charge in [0.25, 0.3) is 0 Å². The van der Waals surface area contributed by atoms with Crippen LogP contribution in [0.4, 0.5) is 13.2 Å². The van der Waals surface area contributed by atoms with Gasteiger partial charge in [-0.2, -0.15) is 13.2 Å². The van der Waals surface area contributed by atoms with Crippen molar-refractivity contribution in [3.05, 3.63) is 12.7 Å². The largest absolute Gasteiger partial charge is 0.408 e. The first-order valence-electron chi connectivity index (χ1n) is 2.17. The van der Waals surface area contributed by atoms with Crippen molar-refractivity contribution in [3.63, 3.8) is 0 Å². The van der Waals surface area contributed by atoms with Crippen molar-refractivity contribution in [2.45, 2.75) is 12.2 Å². The Morgan fingerprint density at radius 1 is 1.56 bits per heavy atom. The van der Waals surface area contributed by atoms with Crippen LogP contribution in [-0.4, -0.2) is 12.2 Å². The maximum atomic E-state index is 11.5. The summed E-state index contributed by atoms with van der Waals surface area (Å²) in [6.45, 7) is 2.94. The number of nitrogens with one attached hydrogen (secondary N) is 1. The summed E-state index contributed by atoms with van der Waals surface area (Å²) >= 11 is 0. The summed E-state index contributed by atoms with van der Waals surface area (Å²) < 4.78 is 34.5. The fourth-order valence-corrected chi connectivity index (χ4v) is 0.296. The van der Waals surface area contributed by atoms with Gasteiger partial charge in [-0.05, 0) is 0 Å². The normalized spacial score (nSPS) is 15.1. The van der Waals surface area contributed by atoms with Gasteiger partial charge in [0, 0.05) is 0 Å². The maximum Gasteiger partial charge on any atom is 0.408 e. The fourth-order valence-electron chi connectivity index (χ4n) is 0.296. The minimum absolute atomic E-state index is 0.694. The number of halogens is 3. The van der Waals surface area contributed by atoms with Crippen molar-refractivity contribution in [1.29, 1.82) is 0 Å². The molecule has 5 heteroatoms. The number of rotatable bonds is 2. The monoisotopic (exact) mass is 140 g/mol. The zero-order valence-electron chi connectivity index (χ0n) is 4.57. The number of hydrazine groups is 1. The van der Waals surface area contributed by atoms with Gasteiger partial charge in [0.05, 0.1) is 0 Å². The SMILES string of the molecule is C=CC(NN)C(F)(F)F. The molecule has 0 saturated heterocycles. The lowest BCUT2D eigenvalue weighted by Gasteiger charge is -2.13. The molecule has 54 valence electrons. The molecule has 2 nitrogen and oxygen atoms in total. The van der Waals surface area contributed by atoms with Gasteiger partial charge in [-0.1, -0.05) is 6.08 Å². The van der Waals surface area contributed by atoms with E-state index in [0.717, 1.165) is 0 Å². The number of nitrogens with two attached hydrogens (primary N) is 1. The Balaban J connectivity index is 3.94. The summed E-state index contributed by atoms with van der Waals surface area (Å²) in [7, 11) is 0. The molecule has 0 fully saturated rings. The first kappa shape index (κ1) is 8.45. The molecule has 0 bridgehead atoms. The van der Waals surface area contributed by atoms with Gasteiger partial charge >= 0.3 is 6.18 Å². The van der Waals surface area contributed by atoms with Gasteiger partial charge in [0.15, 0.2) is 0 Å². The smallest absolute Gasteiger partial charge is 0.271 e. The molecular formula is C4H7F3N2. The highest BCUT2D eigenvalue weighted by molar-refractivity contribution is 4.89. The summed E-state index contributed by atoms with van der Waals surface area (Å²) in [5.74, 6) is 4.53. The van der Waals surface area contributed by atoms with E-state index >= 15 is 0 Å². The van der Waals surface area contributed by atoms with Gasteiger partial charge < -0.3 is 0 Å². The number of alkyl halides is 3. The molecule has 9 heavy (non-hydrogen) atoms. The second-order valence-corrected chi connectivity index (χ2v) is 1.42. The first-order chi connectivity index (χ1) is 4.02. The summed E-state index contributed by atoms with van der Waals surface area (Å²) in [5, 5.41) is 0. The van der Waals surface area contributed by atoms with Crippen LogP contribution in [0.3, 0.4) is 0 Å².